The molecule has 5 N–H and O–H groups in total. The van der Waals surface area contributed by atoms with E-state index in [4.69, 9.17) is 4.74 Å². The number of halogens is 1. The summed E-state index contributed by atoms with van der Waals surface area (Å²) in [5, 5.41) is 28.6. The largest absolute Gasteiger partial charge is 0.491 e. The van der Waals surface area contributed by atoms with Crippen molar-refractivity contribution in [2.24, 2.45) is 0 Å². The van der Waals surface area contributed by atoms with E-state index >= 15 is 0 Å². The lowest BCUT2D eigenvalue weighted by molar-refractivity contribution is 0.0997. The summed E-state index contributed by atoms with van der Waals surface area (Å²) < 4.78 is 6.48. The van der Waals surface area contributed by atoms with E-state index in [0.717, 1.165) is 10.0 Å². The quantitative estimate of drug-likeness (QED) is 0.266. The lowest BCUT2D eigenvalue weighted by Crippen LogP contribution is -2.41. The molecule has 0 saturated heterocycles. The average molecular weight is 514 g/mol. The molecule has 0 saturated carbocycles. The number of aliphatic hydroxyl groups is 2. The molecule has 0 radical (unpaired) electrons. The van der Waals surface area contributed by atoms with Crippen LogP contribution in [0, 0.1) is 0 Å². The van der Waals surface area contributed by atoms with Crippen LogP contribution >= 0.6 is 15.9 Å². The highest BCUT2D eigenvalue weighted by molar-refractivity contribution is 9.10. The second-order valence-electron chi connectivity index (χ2n) is 7.55. The number of anilines is 2. The van der Waals surface area contributed by atoms with E-state index in [-0.39, 0.29) is 25.3 Å². The van der Waals surface area contributed by atoms with Crippen molar-refractivity contribution in [3.63, 3.8) is 0 Å². The summed E-state index contributed by atoms with van der Waals surface area (Å²) in [4.78, 5) is 12.2. The fourth-order valence-electron chi connectivity index (χ4n) is 3.11. The van der Waals surface area contributed by atoms with Crippen molar-refractivity contribution in [1.29, 1.82) is 0 Å². The van der Waals surface area contributed by atoms with Gasteiger partial charge in [-0.05, 0) is 60.5 Å². The zero-order chi connectivity index (χ0) is 23.5. The Balaban J connectivity index is 1.41. The first-order valence-corrected chi connectivity index (χ1v) is 11.4. The second kappa shape index (κ2) is 13.0. The topological polar surface area (TPSA) is 103 Å². The van der Waals surface area contributed by atoms with Gasteiger partial charge < -0.3 is 30.9 Å². The Labute approximate surface area is 201 Å². The van der Waals surface area contributed by atoms with Crippen molar-refractivity contribution in [3.8, 4) is 5.75 Å². The van der Waals surface area contributed by atoms with Gasteiger partial charge in [-0.3, -0.25) is 0 Å². The van der Waals surface area contributed by atoms with Gasteiger partial charge in [-0.2, -0.15) is 0 Å². The van der Waals surface area contributed by atoms with Crippen LogP contribution in [0.1, 0.15) is 5.56 Å². The second-order valence-corrected chi connectivity index (χ2v) is 8.47. The molecular weight excluding hydrogens is 486 g/mol. The maximum Gasteiger partial charge on any atom is 0.323 e. The Kier molecular flexibility index (Phi) is 9.71. The summed E-state index contributed by atoms with van der Waals surface area (Å²) in [5.41, 5.74) is 2.35. The van der Waals surface area contributed by atoms with Crippen LogP contribution in [0.25, 0.3) is 0 Å². The minimum Gasteiger partial charge on any atom is -0.491 e. The minimum absolute atomic E-state index is 0.0676. The Morgan fingerprint density at radius 1 is 0.909 bits per heavy atom. The molecule has 0 unspecified atom stereocenters. The standard InChI is InChI=1S/C25H28BrN3O4/c26-19-8-12-21(13-9-19)29-25(32)28-20-10-6-18(7-11-20)14-22(16-30)27-15-23(31)17-33-24-4-2-1-3-5-24/h1-13,22-23,27,30-31H,14-17H2,(H2,28,29,32)/t22-,23-/m0/s1. The Morgan fingerprint density at radius 2 is 1.52 bits per heavy atom. The van der Waals surface area contributed by atoms with Gasteiger partial charge in [0.25, 0.3) is 0 Å². The molecule has 0 aliphatic heterocycles. The highest BCUT2D eigenvalue weighted by Crippen LogP contribution is 2.16. The van der Waals surface area contributed by atoms with Gasteiger partial charge in [-0.15, -0.1) is 0 Å². The normalized spacial score (nSPS) is 12.6. The molecule has 174 valence electrons. The first kappa shape index (κ1) is 24.7. The maximum absolute atomic E-state index is 12.2. The van der Waals surface area contributed by atoms with Gasteiger partial charge in [0, 0.05) is 28.4 Å². The SMILES string of the molecule is O=C(Nc1ccc(Br)cc1)Nc1ccc(C[C@@H](CO)NC[C@H](O)COc2ccccc2)cc1. The number of nitrogens with one attached hydrogen (secondary N) is 3. The number of para-hydroxylation sites is 1. The lowest BCUT2D eigenvalue weighted by atomic mass is 10.1. The van der Waals surface area contributed by atoms with Crippen LogP contribution in [0.2, 0.25) is 0 Å². The van der Waals surface area contributed by atoms with Crippen molar-refractivity contribution in [2.45, 2.75) is 18.6 Å². The van der Waals surface area contributed by atoms with Gasteiger partial charge >= 0.3 is 6.03 Å². The number of rotatable bonds is 11. The third kappa shape index (κ3) is 8.86. The molecule has 0 heterocycles. The Hall–Kier alpha value is -2.91. The molecule has 0 bridgehead atoms. The summed E-state index contributed by atoms with van der Waals surface area (Å²) in [5.74, 6) is 0.703. The molecular formula is C25H28BrN3O4. The molecule has 8 heteroatoms. The first-order chi connectivity index (χ1) is 16.0. The van der Waals surface area contributed by atoms with Crippen molar-refractivity contribution >= 4 is 33.3 Å². The van der Waals surface area contributed by atoms with E-state index in [2.05, 4.69) is 31.9 Å². The van der Waals surface area contributed by atoms with Crippen LogP contribution < -0.4 is 20.7 Å². The number of hydrogen-bond acceptors (Lipinski definition) is 5. The number of benzene rings is 3. The summed E-state index contributed by atoms with van der Waals surface area (Å²) in [7, 11) is 0. The zero-order valence-electron chi connectivity index (χ0n) is 18.1. The lowest BCUT2D eigenvalue weighted by Gasteiger charge is -2.19. The van der Waals surface area contributed by atoms with Gasteiger partial charge in [0.1, 0.15) is 18.5 Å². The molecule has 0 aromatic heterocycles. The molecule has 3 rings (SSSR count). The predicted octanol–water partition coefficient (Wildman–Crippen LogP) is 4.03. The first-order valence-electron chi connectivity index (χ1n) is 10.6. The Bertz CT molecular complexity index is 985. The van der Waals surface area contributed by atoms with Gasteiger partial charge in [-0.1, -0.05) is 46.3 Å². The molecule has 2 atom stereocenters. The molecule has 3 aromatic rings. The minimum atomic E-state index is -0.699. The van der Waals surface area contributed by atoms with E-state index in [0.29, 0.717) is 30.1 Å². The number of urea groups is 1. The molecule has 33 heavy (non-hydrogen) atoms. The summed E-state index contributed by atoms with van der Waals surface area (Å²) in [6.45, 7) is 0.396. The monoisotopic (exact) mass is 513 g/mol. The third-order valence-corrected chi connectivity index (χ3v) is 5.37. The van der Waals surface area contributed by atoms with Crippen LogP contribution in [-0.4, -0.2) is 48.1 Å². The number of hydrogen-bond donors (Lipinski definition) is 5. The predicted molar refractivity (Wildman–Crippen MR) is 134 cm³/mol. The van der Waals surface area contributed by atoms with Crippen molar-refractivity contribution in [1.82, 2.24) is 5.32 Å². The fourth-order valence-corrected chi connectivity index (χ4v) is 3.37. The number of amides is 2. The van der Waals surface area contributed by atoms with Gasteiger partial charge in [-0.25, -0.2) is 4.79 Å². The van der Waals surface area contributed by atoms with Crippen LogP contribution in [0.3, 0.4) is 0 Å². The average Bonchev–Trinajstić information content (AvgIpc) is 2.83. The molecule has 0 aliphatic carbocycles. The number of aliphatic hydroxyl groups excluding tert-OH is 2. The highest BCUT2D eigenvalue weighted by Gasteiger charge is 2.12. The van der Waals surface area contributed by atoms with E-state index in [9.17, 15) is 15.0 Å². The van der Waals surface area contributed by atoms with Crippen LogP contribution in [0.15, 0.2) is 83.3 Å². The molecule has 0 spiro atoms. The summed E-state index contributed by atoms with van der Waals surface area (Å²) >= 11 is 3.36. The van der Waals surface area contributed by atoms with Crippen LogP contribution in [0.5, 0.6) is 5.75 Å². The number of carbonyl (C=O) groups excluding carboxylic acids is 1. The summed E-state index contributed by atoms with van der Waals surface area (Å²) in [6.07, 6.45) is -0.121. The van der Waals surface area contributed by atoms with Crippen molar-refractivity contribution < 1.29 is 19.7 Å². The summed E-state index contributed by atoms with van der Waals surface area (Å²) in [6, 6.07) is 23.5. The van der Waals surface area contributed by atoms with Crippen LogP contribution in [0.4, 0.5) is 16.2 Å². The van der Waals surface area contributed by atoms with Gasteiger partial charge in [0.15, 0.2) is 0 Å². The third-order valence-electron chi connectivity index (χ3n) is 4.84. The number of carbonyl (C=O) groups is 1. The molecule has 2 amide bonds. The van der Waals surface area contributed by atoms with E-state index in [1.807, 2.05) is 66.7 Å². The molecule has 7 nitrogen and oxygen atoms in total. The van der Waals surface area contributed by atoms with E-state index in [1.54, 1.807) is 12.1 Å². The zero-order valence-corrected chi connectivity index (χ0v) is 19.7. The highest BCUT2D eigenvalue weighted by atomic mass is 79.9. The molecule has 0 aliphatic rings. The maximum atomic E-state index is 12.2. The van der Waals surface area contributed by atoms with Gasteiger partial charge in [0.2, 0.25) is 0 Å². The van der Waals surface area contributed by atoms with Crippen LogP contribution in [-0.2, 0) is 6.42 Å². The smallest absolute Gasteiger partial charge is 0.323 e. The van der Waals surface area contributed by atoms with Crippen molar-refractivity contribution in [3.05, 3.63) is 88.9 Å². The molecule has 0 fully saturated rings. The van der Waals surface area contributed by atoms with E-state index in [1.165, 1.54) is 0 Å². The number of ether oxygens (including phenoxy) is 1. The van der Waals surface area contributed by atoms with Crippen molar-refractivity contribution in [2.75, 3.05) is 30.4 Å². The van der Waals surface area contributed by atoms with Gasteiger partial charge in [0.05, 0.1) is 6.61 Å². The van der Waals surface area contributed by atoms with E-state index < -0.39 is 6.10 Å². The molecule has 3 aromatic carbocycles. The fraction of sp³-hybridized carbons (Fsp3) is 0.240. The Morgan fingerprint density at radius 3 is 2.12 bits per heavy atom.